The molecule has 3 N–H and O–H groups in total. The van der Waals surface area contributed by atoms with Crippen LogP contribution in [-0.4, -0.2) is 31.8 Å². The summed E-state index contributed by atoms with van der Waals surface area (Å²) in [6.45, 7) is 1.92. The van der Waals surface area contributed by atoms with Crippen LogP contribution >= 0.6 is 12.4 Å². The summed E-state index contributed by atoms with van der Waals surface area (Å²) >= 11 is 0. The summed E-state index contributed by atoms with van der Waals surface area (Å²) in [5.41, 5.74) is 6.53. The van der Waals surface area contributed by atoms with Crippen LogP contribution in [0.25, 0.3) is 0 Å². The van der Waals surface area contributed by atoms with E-state index in [0.717, 1.165) is 44.4 Å². The van der Waals surface area contributed by atoms with Crippen LogP contribution in [0.4, 0.5) is 5.69 Å². The van der Waals surface area contributed by atoms with E-state index < -0.39 is 0 Å². The molecule has 0 bridgehead atoms. The number of benzene rings is 1. The molecule has 140 valence electrons. The minimum atomic E-state index is 0. The van der Waals surface area contributed by atoms with Crippen molar-refractivity contribution in [3.63, 3.8) is 0 Å². The zero-order valence-electron chi connectivity index (χ0n) is 14.6. The van der Waals surface area contributed by atoms with Crippen molar-refractivity contribution in [2.24, 2.45) is 17.6 Å². The van der Waals surface area contributed by atoms with Crippen LogP contribution < -0.4 is 15.8 Å². The Morgan fingerprint density at radius 3 is 2.80 bits per heavy atom. The Hall–Kier alpha value is -1.30. The molecule has 3 atom stereocenters. The number of rotatable bonds is 6. The number of carbonyl (C=O) groups excluding carboxylic acids is 1. The van der Waals surface area contributed by atoms with Gasteiger partial charge in [0.1, 0.15) is 12.4 Å². The molecule has 1 unspecified atom stereocenters. The van der Waals surface area contributed by atoms with Crippen molar-refractivity contribution in [2.45, 2.75) is 44.6 Å². The van der Waals surface area contributed by atoms with Gasteiger partial charge < -0.3 is 20.5 Å². The van der Waals surface area contributed by atoms with Gasteiger partial charge in [0, 0.05) is 12.5 Å². The Bertz CT molecular complexity index is 549. The SMILES string of the molecule is Cl.NC[C@H]1CCC[C@H]1C(=O)Nc1ccccc1OCC1CCCCO1. The van der Waals surface area contributed by atoms with E-state index in [1.54, 1.807) is 0 Å². The molecule has 1 amide bonds. The Balaban J connectivity index is 0.00000225. The first-order valence-corrected chi connectivity index (χ1v) is 9.12. The van der Waals surface area contributed by atoms with Gasteiger partial charge in [0.25, 0.3) is 0 Å². The number of carbonyl (C=O) groups is 1. The Morgan fingerprint density at radius 1 is 1.20 bits per heavy atom. The number of anilines is 1. The zero-order chi connectivity index (χ0) is 16.8. The third-order valence-corrected chi connectivity index (χ3v) is 5.14. The number of nitrogens with two attached hydrogens (primary N) is 1. The van der Waals surface area contributed by atoms with Gasteiger partial charge in [-0.3, -0.25) is 4.79 Å². The first-order chi connectivity index (χ1) is 11.8. The van der Waals surface area contributed by atoms with E-state index in [4.69, 9.17) is 15.2 Å². The van der Waals surface area contributed by atoms with E-state index in [0.29, 0.717) is 24.8 Å². The Labute approximate surface area is 156 Å². The highest BCUT2D eigenvalue weighted by atomic mass is 35.5. The smallest absolute Gasteiger partial charge is 0.227 e. The zero-order valence-corrected chi connectivity index (χ0v) is 15.4. The second kappa shape index (κ2) is 10.00. The summed E-state index contributed by atoms with van der Waals surface area (Å²) in [5.74, 6) is 1.09. The van der Waals surface area contributed by atoms with Gasteiger partial charge in [-0.2, -0.15) is 0 Å². The molecule has 0 radical (unpaired) electrons. The van der Waals surface area contributed by atoms with Gasteiger partial charge in [-0.05, 0) is 56.7 Å². The number of para-hydroxylation sites is 2. The topological polar surface area (TPSA) is 73.6 Å². The molecular weight excluding hydrogens is 340 g/mol. The summed E-state index contributed by atoms with van der Waals surface area (Å²) in [5, 5.41) is 3.04. The first-order valence-electron chi connectivity index (χ1n) is 9.12. The molecule has 25 heavy (non-hydrogen) atoms. The molecule has 1 aromatic rings. The maximum atomic E-state index is 12.6. The predicted molar refractivity (Wildman–Crippen MR) is 101 cm³/mol. The number of halogens is 1. The van der Waals surface area contributed by atoms with Gasteiger partial charge in [0.15, 0.2) is 0 Å². The van der Waals surface area contributed by atoms with Crippen LogP contribution in [-0.2, 0) is 9.53 Å². The number of amides is 1. The lowest BCUT2D eigenvalue weighted by Crippen LogP contribution is -2.30. The second-order valence-electron chi connectivity index (χ2n) is 6.82. The molecule has 1 aromatic carbocycles. The minimum absolute atomic E-state index is 0. The fraction of sp³-hybridized carbons (Fsp3) is 0.632. The normalized spacial score (nSPS) is 25.9. The molecule has 5 nitrogen and oxygen atoms in total. The van der Waals surface area contributed by atoms with Crippen molar-refractivity contribution in [3.05, 3.63) is 24.3 Å². The summed E-state index contributed by atoms with van der Waals surface area (Å²) in [6, 6.07) is 7.62. The molecular formula is C19H29ClN2O3. The maximum Gasteiger partial charge on any atom is 0.227 e. The third kappa shape index (κ3) is 5.33. The largest absolute Gasteiger partial charge is 0.489 e. The summed E-state index contributed by atoms with van der Waals surface area (Å²) in [7, 11) is 0. The van der Waals surface area contributed by atoms with Gasteiger partial charge in [0.05, 0.1) is 11.8 Å². The molecule has 1 heterocycles. The quantitative estimate of drug-likeness (QED) is 0.807. The predicted octanol–water partition coefficient (Wildman–Crippen LogP) is 3.37. The van der Waals surface area contributed by atoms with Crippen LogP contribution in [0.5, 0.6) is 5.75 Å². The molecule has 1 aliphatic carbocycles. The van der Waals surface area contributed by atoms with Crippen molar-refractivity contribution in [1.29, 1.82) is 0 Å². The van der Waals surface area contributed by atoms with E-state index >= 15 is 0 Å². The van der Waals surface area contributed by atoms with Crippen LogP contribution in [0.3, 0.4) is 0 Å². The molecule has 6 heteroatoms. The van der Waals surface area contributed by atoms with Gasteiger partial charge in [-0.1, -0.05) is 18.6 Å². The summed E-state index contributed by atoms with van der Waals surface area (Å²) in [6.07, 6.45) is 6.56. The summed E-state index contributed by atoms with van der Waals surface area (Å²) in [4.78, 5) is 12.6. The standard InChI is InChI=1S/C19H28N2O3.ClH/c20-12-14-6-5-8-16(14)19(22)21-17-9-1-2-10-18(17)24-13-15-7-3-4-11-23-15;/h1-2,9-10,14-16H,3-8,11-13,20H2,(H,21,22);1H/t14-,15?,16-;/m1./s1. The molecule has 1 saturated heterocycles. The monoisotopic (exact) mass is 368 g/mol. The van der Waals surface area contributed by atoms with Crippen LogP contribution in [0.1, 0.15) is 38.5 Å². The summed E-state index contributed by atoms with van der Waals surface area (Å²) < 4.78 is 11.6. The minimum Gasteiger partial charge on any atom is -0.489 e. The molecule has 1 saturated carbocycles. The third-order valence-electron chi connectivity index (χ3n) is 5.14. The number of hydrogen-bond acceptors (Lipinski definition) is 4. The average molecular weight is 369 g/mol. The first kappa shape index (κ1) is 20.0. The van der Waals surface area contributed by atoms with E-state index in [9.17, 15) is 4.79 Å². The highest BCUT2D eigenvalue weighted by molar-refractivity contribution is 5.94. The number of hydrogen-bond donors (Lipinski definition) is 2. The molecule has 3 rings (SSSR count). The van der Waals surface area contributed by atoms with Crippen molar-refractivity contribution < 1.29 is 14.3 Å². The Morgan fingerprint density at radius 2 is 2.04 bits per heavy atom. The lowest BCUT2D eigenvalue weighted by atomic mass is 9.95. The van der Waals surface area contributed by atoms with E-state index in [2.05, 4.69) is 5.32 Å². The number of ether oxygens (including phenoxy) is 2. The maximum absolute atomic E-state index is 12.6. The Kier molecular flexibility index (Phi) is 8.00. The lowest BCUT2D eigenvalue weighted by molar-refractivity contribution is -0.120. The van der Waals surface area contributed by atoms with E-state index in [1.165, 1.54) is 6.42 Å². The van der Waals surface area contributed by atoms with Crippen molar-refractivity contribution in [1.82, 2.24) is 0 Å². The molecule has 0 spiro atoms. The molecule has 1 aliphatic heterocycles. The molecule has 2 fully saturated rings. The second-order valence-corrected chi connectivity index (χ2v) is 6.82. The van der Waals surface area contributed by atoms with Crippen LogP contribution in [0.2, 0.25) is 0 Å². The van der Waals surface area contributed by atoms with Gasteiger partial charge >= 0.3 is 0 Å². The van der Waals surface area contributed by atoms with Crippen molar-refractivity contribution in [2.75, 3.05) is 25.1 Å². The highest BCUT2D eigenvalue weighted by Crippen LogP contribution is 2.33. The average Bonchev–Trinajstić information content (AvgIpc) is 3.11. The number of nitrogens with one attached hydrogen (secondary N) is 1. The lowest BCUT2D eigenvalue weighted by Gasteiger charge is -2.23. The molecule has 0 aromatic heterocycles. The fourth-order valence-electron chi connectivity index (χ4n) is 3.71. The van der Waals surface area contributed by atoms with E-state index in [-0.39, 0.29) is 30.3 Å². The van der Waals surface area contributed by atoms with Crippen molar-refractivity contribution in [3.8, 4) is 5.75 Å². The highest BCUT2D eigenvalue weighted by Gasteiger charge is 2.32. The van der Waals surface area contributed by atoms with Gasteiger partial charge in [0.2, 0.25) is 5.91 Å². The van der Waals surface area contributed by atoms with Crippen LogP contribution in [0.15, 0.2) is 24.3 Å². The van der Waals surface area contributed by atoms with Gasteiger partial charge in [-0.15, -0.1) is 12.4 Å². The fourth-order valence-corrected chi connectivity index (χ4v) is 3.71. The van der Waals surface area contributed by atoms with Crippen LogP contribution in [0, 0.1) is 11.8 Å². The molecule has 2 aliphatic rings. The van der Waals surface area contributed by atoms with Gasteiger partial charge in [-0.25, -0.2) is 0 Å². The van der Waals surface area contributed by atoms with E-state index in [1.807, 2.05) is 24.3 Å². The van der Waals surface area contributed by atoms with Crippen molar-refractivity contribution >= 4 is 24.0 Å².